The minimum absolute atomic E-state index is 0.0414. The number of carbonyl (C=O) groups is 1. The molecule has 0 saturated heterocycles. The summed E-state index contributed by atoms with van der Waals surface area (Å²) in [6, 6.07) is 6.27. The van der Waals surface area contributed by atoms with E-state index in [1.807, 2.05) is 26.0 Å². The number of fused-ring (bicyclic) bond motifs is 1. The van der Waals surface area contributed by atoms with Crippen LogP contribution in [-0.2, 0) is 12.8 Å². The third-order valence-electron chi connectivity index (χ3n) is 2.78. The molecule has 0 unspecified atom stereocenters. The monoisotopic (exact) mass is 203 g/mol. The Morgan fingerprint density at radius 1 is 1.27 bits per heavy atom. The molecule has 1 amide bonds. The van der Waals surface area contributed by atoms with Gasteiger partial charge in [-0.3, -0.25) is 4.79 Å². The van der Waals surface area contributed by atoms with E-state index < -0.39 is 0 Å². The second-order valence-corrected chi connectivity index (χ2v) is 4.47. The average Bonchev–Trinajstić information content (AvgIpc) is 2.62. The molecule has 1 aliphatic carbocycles. The van der Waals surface area contributed by atoms with Crippen LogP contribution in [0.4, 0.5) is 0 Å². The molecule has 0 bridgehead atoms. The summed E-state index contributed by atoms with van der Waals surface area (Å²) in [6.45, 7) is 3.95. The summed E-state index contributed by atoms with van der Waals surface area (Å²) in [5.41, 5.74) is 3.56. The van der Waals surface area contributed by atoms with Gasteiger partial charge in [-0.05, 0) is 56.4 Å². The molecule has 1 N–H and O–H groups in total. The lowest BCUT2D eigenvalue weighted by Crippen LogP contribution is -2.30. The maximum atomic E-state index is 11.7. The highest BCUT2D eigenvalue weighted by Crippen LogP contribution is 2.22. The summed E-state index contributed by atoms with van der Waals surface area (Å²) >= 11 is 0. The van der Waals surface area contributed by atoms with Gasteiger partial charge < -0.3 is 5.32 Å². The molecule has 1 aliphatic rings. The smallest absolute Gasteiger partial charge is 0.251 e. The van der Waals surface area contributed by atoms with E-state index in [1.165, 1.54) is 24.0 Å². The van der Waals surface area contributed by atoms with Crippen LogP contribution < -0.4 is 5.32 Å². The number of aryl methyl sites for hydroxylation is 2. The molecule has 1 aromatic rings. The Balaban J connectivity index is 2.19. The molecule has 0 heterocycles. The largest absolute Gasteiger partial charge is 0.350 e. The van der Waals surface area contributed by atoms with E-state index in [0.29, 0.717) is 0 Å². The fourth-order valence-corrected chi connectivity index (χ4v) is 2.06. The first-order valence-corrected chi connectivity index (χ1v) is 5.59. The molecule has 0 saturated carbocycles. The zero-order valence-electron chi connectivity index (χ0n) is 9.34. The molecule has 15 heavy (non-hydrogen) atoms. The Morgan fingerprint density at radius 3 is 2.73 bits per heavy atom. The van der Waals surface area contributed by atoms with Gasteiger partial charge in [0, 0.05) is 11.6 Å². The van der Waals surface area contributed by atoms with Crippen LogP contribution in [0.25, 0.3) is 0 Å². The van der Waals surface area contributed by atoms with Crippen LogP contribution in [0.5, 0.6) is 0 Å². The van der Waals surface area contributed by atoms with Gasteiger partial charge in [0.2, 0.25) is 0 Å². The van der Waals surface area contributed by atoms with Crippen molar-refractivity contribution in [2.45, 2.75) is 39.2 Å². The van der Waals surface area contributed by atoms with Gasteiger partial charge in [-0.2, -0.15) is 0 Å². The highest BCUT2D eigenvalue weighted by atomic mass is 16.1. The summed E-state index contributed by atoms with van der Waals surface area (Å²) in [5, 5.41) is 2.91. The summed E-state index contributed by atoms with van der Waals surface area (Å²) < 4.78 is 0. The number of rotatable bonds is 2. The second kappa shape index (κ2) is 4.05. The molecular weight excluding hydrogens is 186 g/mol. The Bertz CT molecular complexity index is 382. The molecular formula is C13H17NO. The van der Waals surface area contributed by atoms with Crippen LogP contribution >= 0.6 is 0 Å². The summed E-state index contributed by atoms with van der Waals surface area (Å²) in [7, 11) is 0. The number of benzene rings is 1. The minimum atomic E-state index is 0.0414. The quantitative estimate of drug-likeness (QED) is 0.785. The molecule has 2 nitrogen and oxygen atoms in total. The maximum Gasteiger partial charge on any atom is 0.251 e. The third-order valence-corrected chi connectivity index (χ3v) is 2.78. The summed E-state index contributed by atoms with van der Waals surface area (Å²) in [5.74, 6) is 0.0414. The predicted octanol–water partition coefficient (Wildman–Crippen LogP) is 2.31. The second-order valence-electron chi connectivity index (χ2n) is 4.47. The SMILES string of the molecule is CC(C)NC(=O)c1ccc2c(c1)CCC2. The van der Waals surface area contributed by atoms with Crippen molar-refractivity contribution in [1.29, 1.82) is 0 Å². The van der Waals surface area contributed by atoms with Crippen LogP contribution in [0.15, 0.2) is 18.2 Å². The molecule has 0 spiro atoms. The van der Waals surface area contributed by atoms with E-state index in [9.17, 15) is 4.79 Å². The van der Waals surface area contributed by atoms with Gasteiger partial charge in [-0.25, -0.2) is 0 Å². The number of nitrogens with one attached hydrogen (secondary N) is 1. The van der Waals surface area contributed by atoms with E-state index in [-0.39, 0.29) is 11.9 Å². The Kier molecular flexibility index (Phi) is 2.76. The lowest BCUT2D eigenvalue weighted by atomic mass is 10.1. The van der Waals surface area contributed by atoms with Crippen LogP contribution in [0.3, 0.4) is 0 Å². The topological polar surface area (TPSA) is 29.1 Å². The number of hydrogen-bond donors (Lipinski definition) is 1. The predicted molar refractivity (Wildman–Crippen MR) is 61.1 cm³/mol. The fraction of sp³-hybridized carbons (Fsp3) is 0.462. The van der Waals surface area contributed by atoms with Gasteiger partial charge >= 0.3 is 0 Å². The Labute approximate surface area is 90.7 Å². The number of carbonyl (C=O) groups excluding carboxylic acids is 1. The summed E-state index contributed by atoms with van der Waals surface area (Å²) in [6.07, 6.45) is 3.52. The normalized spacial score (nSPS) is 14.1. The first-order chi connectivity index (χ1) is 7.16. The maximum absolute atomic E-state index is 11.7. The third kappa shape index (κ3) is 2.20. The average molecular weight is 203 g/mol. The molecule has 0 atom stereocenters. The standard InChI is InChI=1S/C13H17NO/c1-9(2)14-13(15)12-7-6-10-4-3-5-11(10)8-12/h6-9H,3-5H2,1-2H3,(H,14,15). The molecule has 80 valence electrons. The Hall–Kier alpha value is -1.31. The first-order valence-electron chi connectivity index (χ1n) is 5.59. The van der Waals surface area contributed by atoms with E-state index in [0.717, 1.165) is 12.0 Å². The summed E-state index contributed by atoms with van der Waals surface area (Å²) in [4.78, 5) is 11.7. The lowest BCUT2D eigenvalue weighted by Gasteiger charge is -2.09. The first kappa shape index (κ1) is 10.2. The van der Waals surface area contributed by atoms with Crippen molar-refractivity contribution in [2.75, 3.05) is 0 Å². The molecule has 2 rings (SSSR count). The van der Waals surface area contributed by atoms with E-state index in [4.69, 9.17) is 0 Å². The molecule has 2 heteroatoms. The van der Waals surface area contributed by atoms with Gasteiger partial charge in [0.05, 0.1) is 0 Å². The zero-order valence-corrected chi connectivity index (χ0v) is 9.34. The van der Waals surface area contributed by atoms with E-state index in [2.05, 4.69) is 11.4 Å². The van der Waals surface area contributed by atoms with Crippen molar-refractivity contribution < 1.29 is 4.79 Å². The molecule has 0 fully saturated rings. The molecule has 0 aromatic heterocycles. The molecule has 0 radical (unpaired) electrons. The lowest BCUT2D eigenvalue weighted by molar-refractivity contribution is 0.0943. The van der Waals surface area contributed by atoms with E-state index in [1.54, 1.807) is 0 Å². The zero-order chi connectivity index (χ0) is 10.8. The van der Waals surface area contributed by atoms with Gasteiger partial charge in [0.1, 0.15) is 0 Å². The number of amides is 1. The minimum Gasteiger partial charge on any atom is -0.350 e. The van der Waals surface area contributed by atoms with Crippen molar-refractivity contribution >= 4 is 5.91 Å². The highest BCUT2D eigenvalue weighted by molar-refractivity contribution is 5.94. The van der Waals surface area contributed by atoms with Crippen molar-refractivity contribution in [3.63, 3.8) is 0 Å². The van der Waals surface area contributed by atoms with Crippen LogP contribution in [0.1, 0.15) is 41.8 Å². The van der Waals surface area contributed by atoms with Crippen LogP contribution in [-0.4, -0.2) is 11.9 Å². The van der Waals surface area contributed by atoms with Crippen LogP contribution in [0.2, 0.25) is 0 Å². The van der Waals surface area contributed by atoms with Gasteiger partial charge in [-0.15, -0.1) is 0 Å². The van der Waals surface area contributed by atoms with Crippen molar-refractivity contribution in [3.8, 4) is 0 Å². The van der Waals surface area contributed by atoms with Crippen molar-refractivity contribution in [3.05, 3.63) is 34.9 Å². The van der Waals surface area contributed by atoms with Crippen LogP contribution in [0, 0.1) is 0 Å². The Morgan fingerprint density at radius 2 is 2.00 bits per heavy atom. The van der Waals surface area contributed by atoms with Gasteiger partial charge in [0.15, 0.2) is 0 Å². The number of hydrogen-bond acceptors (Lipinski definition) is 1. The molecule has 1 aromatic carbocycles. The fourth-order valence-electron chi connectivity index (χ4n) is 2.06. The highest BCUT2D eigenvalue weighted by Gasteiger charge is 2.13. The van der Waals surface area contributed by atoms with Gasteiger partial charge in [-0.1, -0.05) is 6.07 Å². The van der Waals surface area contributed by atoms with Crippen molar-refractivity contribution in [1.82, 2.24) is 5.32 Å². The molecule has 0 aliphatic heterocycles. The van der Waals surface area contributed by atoms with Crippen molar-refractivity contribution in [2.24, 2.45) is 0 Å². The van der Waals surface area contributed by atoms with E-state index >= 15 is 0 Å². The van der Waals surface area contributed by atoms with Gasteiger partial charge in [0.25, 0.3) is 5.91 Å².